The van der Waals surface area contributed by atoms with E-state index in [-0.39, 0.29) is 18.5 Å². The Labute approximate surface area is 122 Å². The average molecular weight is 287 g/mol. The highest BCUT2D eigenvalue weighted by atomic mass is 16.6. The highest BCUT2D eigenvalue weighted by Crippen LogP contribution is 2.10. The third kappa shape index (κ3) is 10.6. The molecule has 1 unspecified atom stereocenters. The number of rotatable bonds is 7. The first-order valence-corrected chi connectivity index (χ1v) is 6.96. The number of nitrogens with two attached hydrogens (primary N) is 1. The number of nitrogens with one attached hydrogen (secondary N) is 1. The summed E-state index contributed by atoms with van der Waals surface area (Å²) in [6.45, 7) is 10.4. The summed E-state index contributed by atoms with van der Waals surface area (Å²) in [5.41, 5.74) is 4.64. The van der Waals surface area contributed by atoms with Gasteiger partial charge in [0.15, 0.2) is 0 Å². The molecule has 0 heterocycles. The van der Waals surface area contributed by atoms with Gasteiger partial charge >= 0.3 is 6.09 Å². The molecule has 0 spiro atoms. The van der Waals surface area contributed by atoms with Crippen LogP contribution in [0.25, 0.3) is 0 Å². The summed E-state index contributed by atoms with van der Waals surface area (Å²) in [6.07, 6.45) is 0.373. The Kier molecular flexibility index (Phi) is 7.57. The molecule has 0 radical (unpaired) electrons. The molecule has 0 saturated carbocycles. The number of hydrogen-bond acceptors (Lipinski definition) is 4. The Balaban J connectivity index is 4.48. The van der Waals surface area contributed by atoms with Gasteiger partial charge in [-0.05, 0) is 40.2 Å². The van der Waals surface area contributed by atoms with Crippen LogP contribution in [0.2, 0.25) is 0 Å². The van der Waals surface area contributed by atoms with E-state index in [2.05, 4.69) is 19.2 Å². The predicted molar refractivity (Wildman–Crippen MR) is 79.3 cm³/mol. The first kappa shape index (κ1) is 18.7. The fourth-order valence-electron chi connectivity index (χ4n) is 1.93. The van der Waals surface area contributed by atoms with Gasteiger partial charge in [-0.1, -0.05) is 13.8 Å². The van der Waals surface area contributed by atoms with Crippen LogP contribution in [0.4, 0.5) is 4.79 Å². The van der Waals surface area contributed by atoms with Crippen molar-refractivity contribution in [2.45, 2.75) is 52.7 Å². The molecule has 6 nitrogen and oxygen atoms in total. The van der Waals surface area contributed by atoms with Crippen LogP contribution in [-0.2, 0) is 9.53 Å². The van der Waals surface area contributed by atoms with Crippen LogP contribution in [-0.4, -0.2) is 48.7 Å². The quantitative estimate of drug-likeness (QED) is 0.740. The van der Waals surface area contributed by atoms with Crippen molar-refractivity contribution in [2.24, 2.45) is 11.7 Å². The number of carbonyl (C=O) groups excluding carboxylic acids is 2. The predicted octanol–water partition coefficient (Wildman–Crippen LogP) is 1.34. The maximum absolute atomic E-state index is 11.8. The molecule has 0 aromatic rings. The number of alkyl carbamates (subject to hydrolysis) is 1. The summed E-state index contributed by atoms with van der Waals surface area (Å²) in [7, 11) is 1.80. The number of hydrogen-bond donors (Lipinski definition) is 2. The van der Waals surface area contributed by atoms with E-state index < -0.39 is 11.7 Å². The number of nitrogens with zero attached hydrogens (tertiary/aromatic N) is 1. The normalized spacial score (nSPS) is 13.4. The van der Waals surface area contributed by atoms with Crippen LogP contribution >= 0.6 is 0 Å². The van der Waals surface area contributed by atoms with E-state index in [1.54, 1.807) is 11.9 Å². The van der Waals surface area contributed by atoms with Crippen molar-refractivity contribution in [3.05, 3.63) is 0 Å². The molecule has 0 aliphatic rings. The third-order valence-electron chi connectivity index (χ3n) is 2.43. The molecule has 0 fully saturated rings. The second-order valence-electron chi connectivity index (χ2n) is 6.64. The Morgan fingerprint density at radius 3 is 2.25 bits per heavy atom. The monoisotopic (exact) mass is 287 g/mol. The standard InChI is InChI=1S/C14H29N3O3/c1-10(2)7-11(8-17(6)9-12(15)18)16-13(19)20-14(3,4)5/h10-11H,7-9H2,1-6H3,(H2,15,18)(H,16,19). The summed E-state index contributed by atoms with van der Waals surface area (Å²) in [5.74, 6) is 0.0463. The molecule has 0 aromatic heterocycles. The van der Waals surface area contributed by atoms with Gasteiger partial charge in [0.2, 0.25) is 5.91 Å². The summed E-state index contributed by atoms with van der Waals surface area (Å²) >= 11 is 0. The minimum atomic E-state index is -0.522. The number of amides is 2. The van der Waals surface area contributed by atoms with Gasteiger partial charge in [0, 0.05) is 12.6 Å². The van der Waals surface area contributed by atoms with Crippen LogP contribution < -0.4 is 11.1 Å². The van der Waals surface area contributed by atoms with Gasteiger partial charge in [-0.25, -0.2) is 4.79 Å². The van der Waals surface area contributed by atoms with Gasteiger partial charge in [-0.2, -0.15) is 0 Å². The fourth-order valence-corrected chi connectivity index (χ4v) is 1.93. The van der Waals surface area contributed by atoms with E-state index in [9.17, 15) is 9.59 Å². The molecule has 2 amide bonds. The Morgan fingerprint density at radius 2 is 1.85 bits per heavy atom. The minimum absolute atomic E-state index is 0.0748. The number of ether oxygens (including phenoxy) is 1. The van der Waals surface area contributed by atoms with Gasteiger partial charge in [0.05, 0.1) is 6.54 Å². The van der Waals surface area contributed by atoms with Crippen LogP contribution in [0, 0.1) is 5.92 Å². The molecular formula is C14H29N3O3. The molecule has 0 aliphatic carbocycles. The number of carbonyl (C=O) groups is 2. The van der Waals surface area contributed by atoms with Gasteiger partial charge in [-0.15, -0.1) is 0 Å². The summed E-state index contributed by atoms with van der Waals surface area (Å²) in [4.78, 5) is 24.5. The summed E-state index contributed by atoms with van der Waals surface area (Å²) in [6, 6.07) is -0.0748. The maximum Gasteiger partial charge on any atom is 0.407 e. The van der Waals surface area contributed by atoms with E-state index in [0.717, 1.165) is 6.42 Å². The zero-order chi connectivity index (χ0) is 15.9. The highest BCUT2D eigenvalue weighted by Gasteiger charge is 2.21. The number of likely N-dealkylation sites (N-methyl/N-ethyl adjacent to an activating group) is 1. The van der Waals surface area contributed by atoms with Crippen molar-refractivity contribution in [1.29, 1.82) is 0 Å². The molecular weight excluding hydrogens is 258 g/mol. The number of primary amides is 1. The van der Waals surface area contributed by atoms with Crippen LogP contribution in [0.5, 0.6) is 0 Å². The zero-order valence-electron chi connectivity index (χ0n) is 13.5. The van der Waals surface area contributed by atoms with E-state index in [0.29, 0.717) is 12.5 Å². The SMILES string of the molecule is CC(C)CC(CN(C)CC(N)=O)NC(=O)OC(C)(C)C. The lowest BCUT2D eigenvalue weighted by Gasteiger charge is -2.27. The first-order chi connectivity index (χ1) is 8.99. The largest absolute Gasteiger partial charge is 0.444 e. The first-order valence-electron chi connectivity index (χ1n) is 6.96. The molecule has 3 N–H and O–H groups in total. The van der Waals surface area contributed by atoms with Crippen LogP contribution in [0.3, 0.4) is 0 Å². The van der Waals surface area contributed by atoms with Gasteiger partial charge in [0.1, 0.15) is 5.60 Å². The average Bonchev–Trinajstić information content (AvgIpc) is 2.09. The van der Waals surface area contributed by atoms with Crippen LogP contribution in [0.1, 0.15) is 41.0 Å². The Bertz CT molecular complexity index is 324. The van der Waals surface area contributed by atoms with Crippen molar-refractivity contribution < 1.29 is 14.3 Å². The van der Waals surface area contributed by atoms with E-state index in [1.807, 2.05) is 20.8 Å². The zero-order valence-corrected chi connectivity index (χ0v) is 13.5. The molecule has 6 heteroatoms. The van der Waals surface area contributed by atoms with Gasteiger partial charge in [0.25, 0.3) is 0 Å². The van der Waals surface area contributed by atoms with E-state index in [4.69, 9.17) is 10.5 Å². The molecule has 0 rings (SSSR count). The van der Waals surface area contributed by atoms with E-state index in [1.165, 1.54) is 0 Å². The topological polar surface area (TPSA) is 84.7 Å². The fraction of sp³-hybridized carbons (Fsp3) is 0.857. The van der Waals surface area contributed by atoms with Crippen LogP contribution in [0.15, 0.2) is 0 Å². The van der Waals surface area contributed by atoms with E-state index >= 15 is 0 Å². The Morgan fingerprint density at radius 1 is 1.30 bits per heavy atom. The molecule has 0 bridgehead atoms. The lowest BCUT2D eigenvalue weighted by Crippen LogP contribution is -2.46. The molecule has 20 heavy (non-hydrogen) atoms. The molecule has 118 valence electrons. The smallest absolute Gasteiger partial charge is 0.407 e. The highest BCUT2D eigenvalue weighted by molar-refractivity contribution is 5.75. The Hall–Kier alpha value is -1.30. The van der Waals surface area contributed by atoms with Crippen molar-refractivity contribution in [3.8, 4) is 0 Å². The van der Waals surface area contributed by atoms with Crippen molar-refractivity contribution >= 4 is 12.0 Å². The maximum atomic E-state index is 11.8. The summed E-state index contributed by atoms with van der Waals surface area (Å²) < 4.78 is 5.25. The second kappa shape index (κ2) is 8.09. The molecule has 0 saturated heterocycles. The van der Waals surface area contributed by atoms with Gasteiger partial charge < -0.3 is 15.8 Å². The lowest BCUT2D eigenvalue weighted by molar-refractivity contribution is -0.118. The summed E-state index contributed by atoms with van der Waals surface area (Å²) in [5, 5.41) is 2.85. The van der Waals surface area contributed by atoms with Crippen molar-refractivity contribution in [3.63, 3.8) is 0 Å². The van der Waals surface area contributed by atoms with Crippen molar-refractivity contribution in [2.75, 3.05) is 20.1 Å². The minimum Gasteiger partial charge on any atom is -0.444 e. The molecule has 1 atom stereocenters. The third-order valence-corrected chi connectivity index (χ3v) is 2.43. The second-order valence-corrected chi connectivity index (χ2v) is 6.64. The van der Waals surface area contributed by atoms with Gasteiger partial charge in [-0.3, -0.25) is 9.69 Å². The molecule has 0 aliphatic heterocycles. The lowest BCUT2D eigenvalue weighted by atomic mass is 10.0. The van der Waals surface area contributed by atoms with Crippen molar-refractivity contribution in [1.82, 2.24) is 10.2 Å². The molecule has 0 aromatic carbocycles.